The second kappa shape index (κ2) is 12.8. The van der Waals surface area contributed by atoms with Crippen molar-refractivity contribution >= 4 is 36.0 Å². The highest BCUT2D eigenvalue weighted by molar-refractivity contribution is 5.95. The summed E-state index contributed by atoms with van der Waals surface area (Å²) in [4.78, 5) is 84.5. The molecule has 2 heterocycles. The molecule has 0 spiro atoms. The van der Waals surface area contributed by atoms with Crippen LogP contribution in [-0.4, -0.2) is 93.9 Å². The number of ether oxygens (including phenoxy) is 3. The maximum atomic E-state index is 14.3. The number of methoxy groups -OCH3 is 1. The molecule has 0 bridgehead atoms. The number of nitrogens with one attached hydrogen (secondary N) is 2. The van der Waals surface area contributed by atoms with E-state index in [9.17, 15) is 38.3 Å². The molecular formula is C31H37FN4O11. The number of esters is 1. The van der Waals surface area contributed by atoms with Gasteiger partial charge in [0.1, 0.15) is 29.5 Å². The average Bonchev–Trinajstić information content (AvgIpc) is 3.85. The topological polar surface area (TPSA) is 190 Å². The molecule has 15 nitrogen and oxygen atoms in total. The number of likely N-dealkylation sites (tertiary alicyclic amines) is 1. The van der Waals surface area contributed by atoms with E-state index in [2.05, 4.69) is 22.1 Å². The Hall–Kier alpha value is -4.73. The highest BCUT2D eigenvalue weighted by Gasteiger charge is 2.61. The Kier molecular flexibility index (Phi) is 9.17. The quantitative estimate of drug-likeness (QED) is 0.135. The molecule has 16 heteroatoms. The first-order valence-corrected chi connectivity index (χ1v) is 15.2. The molecule has 5 rings (SSSR count). The first kappa shape index (κ1) is 33.6. The Balaban J connectivity index is 1.29. The van der Waals surface area contributed by atoms with Crippen molar-refractivity contribution in [1.82, 2.24) is 20.6 Å². The van der Waals surface area contributed by atoms with E-state index in [0.29, 0.717) is 11.1 Å². The molecule has 1 aromatic carbocycles. The largest absolute Gasteiger partial charge is 0.528 e. The number of nitrogens with zero attached hydrogens (tertiary/aromatic N) is 2. The molecule has 1 aromatic rings. The molecule has 5 atom stereocenters. The molecule has 2 saturated carbocycles. The van der Waals surface area contributed by atoms with Crippen LogP contribution in [0.4, 0.5) is 14.0 Å². The SMILES string of the molecule is C=C[C@@H]1CC1(NC(=O)[C@@H]1C[C@@H](OC(=O)N2Cc3cccc(F)c3C2)CN1C(=O)C(NOC(=O)OC1(C(=O)OC)CC1)C(C)C)C(=O)O. The standard InChI is InChI=1S/C31H37FN4O11/c1-5-18-12-31(18,26(39)40)33-24(37)22-11-19(45-28(42)35-13-17-7-6-8-21(32)20(17)15-35)14-36(22)25(38)23(16(2)3)34-47-29(43)46-30(9-10-30)27(41)44-4/h5-8,16,18-19,22-23,34H,1,9-15H2,2-4H3,(H,33,37)(H,39,40)/t18-,19-,22+,23?,31?/m1/s1. The molecule has 47 heavy (non-hydrogen) atoms. The summed E-state index contributed by atoms with van der Waals surface area (Å²) in [5, 5.41) is 12.4. The lowest BCUT2D eigenvalue weighted by molar-refractivity contribution is -0.156. The minimum absolute atomic E-state index is 0.0196. The van der Waals surface area contributed by atoms with E-state index in [-0.39, 0.29) is 45.3 Å². The van der Waals surface area contributed by atoms with E-state index in [1.807, 2.05) is 0 Å². The van der Waals surface area contributed by atoms with Gasteiger partial charge in [0.2, 0.25) is 17.4 Å². The molecule has 2 unspecified atom stereocenters. The third-order valence-corrected chi connectivity index (χ3v) is 9.07. The van der Waals surface area contributed by atoms with Crippen molar-refractivity contribution in [3.05, 3.63) is 47.8 Å². The normalized spacial score (nSPS) is 25.7. The van der Waals surface area contributed by atoms with Gasteiger partial charge < -0.3 is 34.4 Å². The van der Waals surface area contributed by atoms with E-state index in [1.165, 1.54) is 17.0 Å². The van der Waals surface area contributed by atoms with E-state index >= 15 is 0 Å². The minimum Gasteiger partial charge on any atom is -0.479 e. The van der Waals surface area contributed by atoms with Crippen LogP contribution in [0.15, 0.2) is 30.9 Å². The fraction of sp³-hybridized carbons (Fsp3) is 0.548. The predicted octanol–water partition coefficient (Wildman–Crippen LogP) is 1.78. The molecule has 1 saturated heterocycles. The smallest absolute Gasteiger partial charge is 0.479 e. The zero-order chi connectivity index (χ0) is 34.3. The number of carbonyl (C=O) groups is 6. The number of rotatable bonds is 11. The van der Waals surface area contributed by atoms with Gasteiger partial charge in [-0.3, -0.25) is 14.5 Å². The summed E-state index contributed by atoms with van der Waals surface area (Å²) in [6, 6.07) is 2.04. The van der Waals surface area contributed by atoms with Crippen LogP contribution < -0.4 is 10.8 Å². The van der Waals surface area contributed by atoms with E-state index in [1.54, 1.807) is 26.0 Å². The van der Waals surface area contributed by atoms with Crippen molar-refractivity contribution in [3.8, 4) is 0 Å². The fourth-order valence-corrected chi connectivity index (χ4v) is 6.01. The molecule has 3 amide bonds. The maximum Gasteiger partial charge on any atom is 0.528 e. The third kappa shape index (κ3) is 6.59. The van der Waals surface area contributed by atoms with Crippen LogP contribution in [0.2, 0.25) is 0 Å². The summed E-state index contributed by atoms with van der Waals surface area (Å²) in [7, 11) is 1.15. The Bertz CT molecular complexity index is 1500. The number of amides is 3. The summed E-state index contributed by atoms with van der Waals surface area (Å²) in [6.07, 6.45) is -1.17. The number of carboxylic acid groups (broad SMARTS) is 1. The summed E-state index contributed by atoms with van der Waals surface area (Å²) in [6.45, 7) is 6.75. The van der Waals surface area contributed by atoms with Gasteiger partial charge in [-0.05, 0) is 24.0 Å². The van der Waals surface area contributed by atoms with Crippen LogP contribution in [0.1, 0.15) is 50.7 Å². The van der Waals surface area contributed by atoms with Gasteiger partial charge >= 0.3 is 24.2 Å². The van der Waals surface area contributed by atoms with Gasteiger partial charge in [0.15, 0.2) is 0 Å². The maximum absolute atomic E-state index is 14.3. The van der Waals surface area contributed by atoms with E-state index in [0.717, 1.165) is 12.0 Å². The van der Waals surface area contributed by atoms with Crippen LogP contribution in [0.25, 0.3) is 0 Å². The van der Waals surface area contributed by atoms with Crippen molar-refractivity contribution in [3.63, 3.8) is 0 Å². The highest BCUT2D eigenvalue weighted by Crippen LogP contribution is 2.45. The zero-order valence-electron chi connectivity index (χ0n) is 26.2. The number of benzene rings is 1. The van der Waals surface area contributed by atoms with Crippen molar-refractivity contribution in [2.45, 2.75) is 81.9 Å². The molecular weight excluding hydrogens is 623 g/mol. The molecule has 254 valence electrons. The van der Waals surface area contributed by atoms with Gasteiger partial charge in [0, 0.05) is 37.3 Å². The van der Waals surface area contributed by atoms with Crippen molar-refractivity contribution in [1.29, 1.82) is 0 Å². The third-order valence-electron chi connectivity index (χ3n) is 9.07. The minimum atomic E-state index is -1.59. The number of halogens is 1. The molecule has 0 radical (unpaired) electrons. The number of hydroxylamine groups is 1. The molecule has 2 aliphatic carbocycles. The van der Waals surface area contributed by atoms with Crippen LogP contribution >= 0.6 is 0 Å². The number of hydrogen-bond acceptors (Lipinski definition) is 11. The summed E-state index contributed by atoms with van der Waals surface area (Å²) in [5.74, 6) is -4.99. The predicted molar refractivity (Wildman–Crippen MR) is 156 cm³/mol. The van der Waals surface area contributed by atoms with Crippen LogP contribution in [-0.2, 0) is 51.3 Å². The average molecular weight is 661 g/mol. The Labute approximate surface area is 269 Å². The number of aliphatic carboxylic acids is 1. The van der Waals surface area contributed by atoms with Gasteiger partial charge in [-0.15, -0.1) is 12.1 Å². The van der Waals surface area contributed by atoms with Crippen molar-refractivity contribution in [2.75, 3.05) is 13.7 Å². The molecule has 3 fully saturated rings. The number of hydrogen-bond donors (Lipinski definition) is 3. The van der Waals surface area contributed by atoms with Crippen molar-refractivity contribution < 1.29 is 57.3 Å². The lowest BCUT2D eigenvalue weighted by atomic mass is 10.0. The lowest BCUT2D eigenvalue weighted by Crippen LogP contribution is -2.57. The second-order valence-electron chi connectivity index (χ2n) is 12.6. The van der Waals surface area contributed by atoms with Crippen LogP contribution in [0.5, 0.6) is 0 Å². The first-order chi connectivity index (χ1) is 22.2. The zero-order valence-corrected chi connectivity index (χ0v) is 26.2. The van der Waals surface area contributed by atoms with E-state index < -0.39 is 83.0 Å². The van der Waals surface area contributed by atoms with Crippen molar-refractivity contribution in [2.24, 2.45) is 11.8 Å². The number of carboxylic acids is 1. The Morgan fingerprint density at radius 3 is 2.45 bits per heavy atom. The van der Waals surface area contributed by atoms with Crippen LogP contribution in [0.3, 0.4) is 0 Å². The second-order valence-corrected chi connectivity index (χ2v) is 12.6. The molecule has 4 aliphatic rings. The Morgan fingerprint density at radius 2 is 1.87 bits per heavy atom. The van der Waals surface area contributed by atoms with Gasteiger partial charge in [-0.25, -0.2) is 23.6 Å². The molecule has 2 aliphatic heterocycles. The number of fused-ring (bicyclic) bond motifs is 1. The van der Waals surface area contributed by atoms with Crippen LogP contribution in [0, 0.1) is 17.7 Å². The monoisotopic (exact) mass is 660 g/mol. The Morgan fingerprint density at radius 1 is 1.15 bits per heavy atom. The highest BCUT2D eigenvalue weighted by atomic mass is 19.1. The van der Waals surface area contributed by atoms with E-state index in [4.69, 9.17) is 14.3 Å². The van der Waals surface area contributed by atoms with Gasteiger partial charge in [0.05, 0.1) is 20.2 Å². The molecule has 3 N–H and O–H groups in total. The first-order valence-electron chi connectivity index (χ1n) is 15.2. The molecule has 0 aromatic heterocycles. The van der Waals surface area contributed by atoms with Gasteiger partial charge in [0.25, 0.3) is 0 Å². The summed E-state index contributed by atoms with van der Waals surface area (Å²) in [5.41, 5.74) is 0.326. The summed E-state index contributed by atoms with van der Waals surface area (Å²) < 4.78 is 29.7. The summed E-state index contributed by atoms with van der Waals surface area (Å²) >= 11 is 0. The number of carbonyl (C=O) groups excluding carboxylic acids is 5. The van der Waals surface area contributed by atoms with Gasteiger partial charge in [-0.2, -0.15) is 0 Å². The lowest BCUT2D eigenvalue weighted by Gasteiger charge is -2.30. The fourth-order valence-electron chi connectivity index (χ4n) is 6.01. The van der Waals surface area contributed by atoms with Gasteiger partial charge in [-0.1, -0.05) is 32.1 Å².